The van der Waals surface area contributed by atoms with E-state index in [-0.39, 0.29) is 5.41 Å². The van der Waals surface area contributed by atoms with Gasteiger partial charge in [-0.3, -0.25) is 4.98 Å². The summed E-state index contributed by atoms with van der Waals surface area (Å²) in [5.74, 6) is 0.512. The maximum atomic E-state index is 5.63. The van der Waals surface area contributed by atoms with E-state index >= 15 is 0 Å². The highest BCUT2D eigenvalue weighted by atomic mass is 14.9. The van der Waals surface area contributed by atoms with Gasteiger partial charge in [-0.25, -0.2) is 4.98 Å². The first-order chi connectivity index (χ1) is 6.62. The van der Waals surface area contributed by atoms with E-state index < -0.39 is 0 Å². The van der Waals surface area contributed by atoms with Crippen LogP contribution in [0.1, 0.15) is 45.7 Å². The fourth-order valence-corrected chi connectivity index (χ4v) is 1.71. The third-order valence-corrected chi connectivity index (χ3v) is 2.85. The molecule has 1 aromatic rings. The Morgan fingerprint density at radius 3 is 2.57 bits per heavy atom. The van der Waals surface area contributed by atoms with Gasteiger partial charge in [-0.15, -0.1) is 0 Å². The summed E-state index contributed by atoms with van der Waals surface area (Å²) in [7, 11) is 0. The Kier molecular flexibility index (Phi) is 3.44. The lowest BCUT2D eigenvalue weighted by molar-refractivity contribution is 0.401. The van der Waals surface area contributed by atoms with E-state index in [0.717, 1.165) is 25.0 Å². The maximum Gasteiger partial charge on any atom is 0.142 e. The smallest absolute Gasteiger partial charge is 0.142 e. The second-order valence-electron chi connectivity index (χ2n) is 3.99. The van der Waals surface area contributed by atoms with Gasteiger partial charge in [-0.1, -0.05) is 27.2 Å². The van der Waals surface area contributed by atoms with E-state index in [4.69, 9.17) is 5.73 Å². The van der Waals surface area contributed by atoms with Gasteiger partial charge in [0.2, 0.25) is 0 Å². The molecule has 0 saturated carbocycles. The van der Waals surface area contributed by atoms with Gasteiger partial charge in [-0.05, 0) is 12.8 Å². The molecule has 1 aromatic heterocycles. The zero-order valence-electron chi connectivity index (χ0n) is 9.25. The van der Waals surface area contributed by atoms with Crippen LogP contribution in [0.4, 0.5) is 5.82 Å². The normalized spacial score (nSPS) is 15.1. The summed E-state index contributed by atoms with van der Waals surface area (Å²) in [6, 6.07) is 0. The number of hydrogen-bond acceptors (Lipinski definition) is 3. The van der Waals surface area contributed by atoms with E-state index in [1.54, 1.807) is 6.20 Å². The van der Waals surface area contributed by atoms with Gasteiger partial charge in [0.15, 0.2) is 0 Å². The van der Waals surface area contributed by atoms with Gasteiger partial charge in [0, 0.05) is 11.6 Å². The van der Waals surface area contributed by atoms with E-state index in [1.165, 1.54) is 0 Å². The monoisotopic (exact) mass is 193 g/mol. The summed E-state index contributed by atoms with van der Waals surface area (Å²) in [6.07, 6.45) is 6.77. The minimum Gasteiger partial charge on any atom is -0.382 e. The summed E-state index contributed by atoms with van der Waals surface area (Å²) >= 11 is 0. The van der Waals surface area contributed by atoms with Crippen LogP contribution < -0.4 is 5.73 Å². The number of nitrogens with zero attached hydrogens (tertiary/aromatic N) is 2. The van der Waals surface area contributed by atoms with Crippen molar-refractivity contribution < 1.29 is 0 Å². The molecule has 1 rings (SSSR count). The largest absolute Gasteiger partial charge is 0.382 e. The lowest BCUT2D eigenvalue weighted by Crippen LogP contribution is -2.22. The minimum absolute atomic E-state index is 0.122. The van der Waals surface area contributed by atoms with E-state index in [9.17, 15) is 0 Å². The van der Waals surface area contributed by atoms with Crippen LogP contribution in [0, 0.1) is 0 Å². The summed E-state index contributed by atoms with van der Waals surface area (Å²) in [4.78, 5) is 8.44. The molecule has 0 spiro atoms. The molecule has 0 aliphatic heterocycles. The molecular formula is C11H19N3. The topological polar surface area (TPSA) is 51.8 Å². The Labute approximate surface area is 85.8 Å². The van der Waals surface area contributed by atoms with Crippen LogP contribution in [0.3, 0.4) is 0 Å². The molecule has 0 saturated heterocycles. The first-order valence-electron chi connectivity index (χ1n) is 5.20. The Morgan fingerprint density at radius 2 is 2.07 bits per heavy atom. The third kappa shape index (κ3) is 2.22. The molecule has 1 atom stereocenters. The Morgan fingerprint density at radius 1 is 1.36 bits per heavy atom. The highest BCUT2D eigenvalue weighted by Crippen LogP contribution is 2.30. The standard InChI is InChI=1S/C11H19N3/c1-4-6-11(3,5-2)9-7-13-8-10(12)14-9/h7-8H,4-6H2,1-3H3,(H2,12,14). The van der Waals surface area contributed by atoms with Crippen molar-refractivity contribution in [1.29, 1.82) is 0 Å². The number of anilines is 1. The first kappa shape index (κ1) is 11.0. The van der Waals surface area contributed by atoms with Crippen LogP contribution in [0.15, 0.2) is 12.4 Å². The average molecular weight is 193 g/mol. The molecule has 0 fully saturated rings. The van der Waals surface area contributed by atoms with Crippen molar-refractivity contribution in [2.24, 2.45) is 0 Å². The van der Waals surface area contributed by atoms with Crippen molar-refractivity contribution in [1.82, 2.24) is 9.97 Å². The fraction of sp³-hybridized carbons (Fsp3) is 0.636. The molecule has 0 bridgehead atoms. The van der Waals surface area contributed by atoms with Crippen LogP contribution in [-0.2, 0) is 5.41 Å². The molecular weight excluding hydrogens is 174 g/mol. The number of rotatable bonds is 4. The van der Waals surface area contributed by atoms with Gasteiger partial charge in [0.1, 0.15) is 5.82 Å². The van der Waals surface area contributed by atoms with Crippen molar-refractivity contribution in [3.05, 3.63) is 18.1 Å². The predicted molar refractivity (Wildman–Crippen MR) is 59.0 cm³/mol. The zero-order valence-corrected chi connectivity index (χ0v) is 9.25. The molecule has 78 valence electrons. The van der Waals surface area contributed by atoms with Gasteiger partial charge in [0.05, 0.1) is 11.9 Å². The van der Waals surface area contributed by atoms with Gasteiger partial charge in [0.25, 0.3) is 0 Å². The highest BCUT2D eigenvalue weighted by molar-refractivity contribution is 5.26. The highest BCUT2D eigenvalue weighted by Gasteiger charge is 2.25. The fourth-order valence-electron chi connectivity index (χ4n) is 1.71. The van der Waals surface area contributed by atoms with Crippen molar-refractivity contribution in [2.75, 3.05) is 5.73 Å². The summed E-state index contributed by atoms with van der Waals surface area (Å²) < 4.78 is 0. The number of aromatic nitrogens is 2. The number of nitrogen functional groups attached to an aromatic ring is 1. The molecule has 0 amide bonds. The lowest BCUT2D eigenvalue weighted by Gasteiger charge is -2.26. The van der Waals surface area contributed by atoms with Gasteiger partial charge < -0.3 is 5.73 Å². The van der Waals surface area contributed by atoms with Crippen LogP contribution in [0.25, 0.3) is 0 Å². The molecule has 1 unspecified atom stereocenters. The van der Waals surface area contributed by atoms with Crippen LogP contribution in [0.5, 0.6) is 0 Å². The van der Waals surface area contributed by atoms with Crippen molar-refractivity contribution in [3.8, 4) is 0 Å². The summed E-state index contributed by atoms with van der Waals surface area (Å²) in [6.45, 7) is 6.59. The van der Waals surface area contributed by atoms with E-state index in [0.29, 0.717) is 5.82 Å². The van der Waals surface area contributed by atoms with Crippen molar-refractivity contribution >= 4 is 5.82 Å². The van der Waals surface area contributed by atoms with Crippen LogP contribution >= 0.6 is 0 Å². The first-order valence-corrected chi connectivity index (χ1v) is 5.20. The molecule has 0 aliphatic rings. The van der Waals surface area contributed by atoms with Gasteiger partial charge in [-0.2, -0.15) is 0 Å². The SMILES string of the molecule is CCCC(C)(CC)c1cncc(N)n1. The average Bonchev–Trinajstić information content (AvgIpc) is 2.18. The maximum absolute atomic E-state index is 5.63. The molecule has 3 heteroatoms. The van der Waals surface area contributed by atoms with E-state index in [1.807, 2.05) is 6.20 Å². The quantitative estimate of drug-likeness (QED) is 0.799. The van der Waals surface area contributed by atoms with Crippen molar-refractivity contribution in [3.63, 3.8) is 0 Å². The predicted octanol–water partition coefficient (Wildman–Crippen LogP) is 2.53. The van der Waals surface area contributed by atoms with Crippen LogP contribution in [0.2, 0.25) is 0 Å². The molecule has 0 aromatic carbocycles. The molecule has 3 nitrogen and oxygen atoms in total. The second-order valence-corrected chi connectivity index (χ2v) is 3.99. The molecule has 2 N–H and O–H groups in total. The third-order valence-electron chi connectivity index (χ3n) is 2.85. The Hall–Kier alpha value is -1.12. The molecule has 0 radical (unpaired) electrons. The summed E-state index contributed by atoms with van der Waals surface area (Å²) in [5.41, 5.74) is 6.77. The lowest BCUT2D eigenvalue weighted by atomic mass is 9.80. The second kappa shape index (κ2) is 4.40. The Balaban J connectivity index is 2.99. The van der Waals surface area contributed by atoms with Gasteiger partial charge >= 0.3 is 0 Å². The summed E-state index contributed by atoms with van der Waals surface area (Å²) in [5, 5.41) is 0. The molecule has 14 heavy (non-hydrogen) atoms. The molecule has 0 aliphatic carbocycles. The Bertz CT molecular complexity index is 298. The zero-order chi connectivity index (χ0) is 10.6. The minimum atomic E-state index is 0.122. The molecule has 1 heterocycles. The van der Waals surface area contributed by atoms with Crippen LogP contribution in [-0.4, -0.2) is 9.97 Å². The number of hydrogen-bond donors (Lipinski definition) is 1. The van der Waals surface area contributed by atoms with Crippen molar-refractivity contribution in [2.45, 2.75) is 45.4 Å². The number of nitrogens with two attached hydrogens (primary N) is 1. The van der Waals surface area contributed by atoms with E-state index in [2.05, 4.69) is 30.7 Å².